The van der Waals surface area contributed by atoms with E-state index in [1.807, 2.05) is 6.07 Å². The van der Waals surface area contributed by atoms with Crippen LogP contribution in [0.4, 0.5) is 5.95 Å². The van der Waals surface area contributed by atoms with E-state index in [1.165, 1.54) is 5.56 Å². The molecule has 0 spiro atoms. The molecule has 3 N–H and O–H groups in total. The minimum Gasteiger partial charge on any atom is -0.355 e. The Kier molecular flexibility index (Phi) is 4.52. The molecule has 5 nitrogen and oxygen atoms in total. The van der Waals surface area contributed by atoms with Crippen molar-refractivity contribution >= 4 is 5.95 Å². The van der Waals surface area contributed by atoms with Crippen LogP contribution in [0.5, 0.6) is 0 Å². The maximum absolute atomic E-state index is 5.61. The van der Waals surface area contributed by atoms with Crippen LogP contribution in [0.2, 0.25) is 0 Å². The van der Waals surface area contributed by atoms with Crippen molar-refractivity contribution in [2.75, 3.05) is 18.4 Å². The molecule has 0 aliphatic rings. The van der Waals surface area contributed by atoms with Gasteiger partial charge in [-0.25, -0.2) is 0 Å². The van der Waals surface area contributed by atoms with Gasteiger partial charge in [0.2, 0.25) is 5.95 Å². The first-order chi connectivity index (χ1) is 9.30. The van der Waals surface area contributed by atoms with Gasteiger partial charge in [0.15, 0.2) is 5.82 Å². The highest BCUT2D eigenvalue weighted by Gasteiger charge is 2.11. The Bertz CT molecular complexity index is 532. The maximum atomic E-state index is 5.61. The van der Waals surface area contributed by atoms with E-state index in [1.54, 1.807) is 0 Å². The minimum absolute atomic E-state index is 0.659. The number of anilines is 1. The zero-order chi connectivity index (χ0) is 13.7. The number of benzene rings is 1. The van der Waals surface area contributed by atoms with Crippen molar-refractivity contribution < 1.29 is 0 Å². The molecule has 102 valence electrons. The number of nitrogens with two attached hydrogens (primary N) is 1. The van der Waals surface area contributed by atoms with Gasteiger partial charge in [-0.05, 0) is 38.4 Å². The molecule has 0 saturated carbocycles. The Hall–Kier alpha value is -1.88. The fourth-order valence-electron chi connectivity index (χ4n) is 2.14. The van der Waals surface area contributed by atoms with Crippen molar-refractivity contribution in [3.05, 3.63) is 29.8 Å². The molecule has 0 unspecified atom stereocenters. The summed E-state index contributed by atoms with van der Waals surface area (Å²) in [5, 5.41) is 11.7. The van der Waals surface area contributed by atoms with E-state index < -0.39 is 0 Å². The average molecular weight is 259 g/mol. The third-order valence-corrected chi connectivity index (χ3v) is 3.02. The third kappa shape index (κ3) is 2.93. The van der Waals surface area contributed by atoms with Gasteiger partial charge in [-0.1, -0.05) is 18.2 Å². The Morgan fingerprint density at radius 3 is 2.79 bits per heavy atom. The van der Waals surface area contributed by atoms with E-state index in [4.69, 9.17) is 5.73 Å². The predicted octanol–water partition coefficient (Wildman–Crippen LogP) is 1.90. The molecule has 0 saturated heterocycles. The normalized spacial score (nSPS) is 10.7. The molecule has 0 aliphatic carbocycles. The highest BCUT2D eigenvalue weighted by molar-refractivity contribution is 5.58. The Morgan fingerprint density at radius 1 is 1.26 bits per heavy atom. The molecule has 2 rings (SSSR count). The Morgan fingerprint density at radius 2 is 2.11 bits per heavy atom. The summed E-state index contributed by atoms with van der Waals surface area (Å²) >= 11 is 0. The van der Waals surface area contributed by atoms with Gasteiger partial charge >= 0.3 is 0 Å². The van der Waals surface area contributed by atoms with Crippen molar-refractivity contribution in [1.82, 2.24) is 14.8 Å². The van der Waals surface area contributed by atoms with Crippen LogP contribution in [0.3, 0.4) is 0 Å². The van der Waals surface area contributed by atoms with Gasteiger partial charge in [0.05, 0.1) is 0 Å². The zero-order valence-electron chi connectivity index (χ0n) is 11.6. The third-order valence-electron chi connectivity index (χ3n) is 3.02. The smallest absolute Gasteiger partial charge is 0.224 e. The van der Waals surface area contributed by atoms with Gasteiger partial charge in [-0.3, -0.25) is 4.57 Å². The Labute approximate surface area is 113 Å². The van der Waals surface area contributed by atoms with Gasteiger partial charge in [-0.15, -0.1) is 10.2 Å². The van der Waals surface area contributed by atoms with Gasteiger partial charge < -0.3 is 11.1 Å². The first-order valence-electron chi connectivity index (χ1n) is 6.76. The minimum atomic E-state index is 0.659. The second kappa shape index (κ2) is 6.33. The molecule has 2 aromatic rings. The van der Waals surface area contributed by atoms with Crippen molar-refractivity contribution in [2.24, 2.45) is 5.73 Å². The summed E-state index contributed by atoms with van der Waals surface area (Å²) in [7, 11) is 0. The van der Waals surface area contributed by atoms with Gasteiger partial charge in [-0.2, -0.15) is 0 Å². The summed E-state index contributed by atoms with van der Waals surface area (Å²) in [6.45, 7) is 6.48. The van der Waals surface area contributed by atoms with Crippen LogP contribution in [-0.4, -0.2) is 27.9 Å². The topological polar surface area (TPSA) is 68.8 Å². The van der Waals surface area contributed by atoms with E-state index in [-0.39, 0.29) is 0 Å². The molecular weight excluding hydrogens is 238 g/mol. The second-order valence-electron chi connectivity index (χ2n) is 4.36. The molecule has 0 bridgehead atoms. The summed E-state index contributed by atoms with van der Waals surface area (Å²) in [5.74, 6) is 1.72. The van der Waals surface area contributed by atoms with Crippen molar-refractivity contribution in [3.8, 4) is 11.4 Å². The molecule has 1 aromatic heterocycles. The lowest BCUT2D eigenvalue weighted by Gasteiger charge is -2.09. The molecule has 19 heavy (non-hydrogen) atoms. The SMILES string of the molecule is CCNc1nnc(-c2cccc(CCN)c2)n1CC. The molecule has 0 amide bonds. The lowest BCUT2D eigenvalue weighted by molar-refractivity contribution is 0.770. The zero-order valence-corrected chi connectivity index (χ0v) is 11.6. The molecule has 1 heterocycles. The molecule has 0 atom stereocenters. The average Bonchev–Trinajstić information content (AvgIpc) is 2.83. The summed E-state index contributed by atoms with van der Waals surface area (Å²) in [4.78, 5) is 0. The fraction of sp³-hybridized carbons (Fsp3) is 0.429. The molecule has 0 fully saturated rings. The van der Waals surface area contributed by atoms with E-state index >= 15 is 0 Å². The van der Waals surface area contributed by atoms with Crippen molar-refractivity contribution in [1.29, 1.82) is 0 Å². The lowest BCUT2D eigenvalue weighted by Crippen LogP contribution is -2.07. The largest absolute Gasteiger partial charge is 0.355 e. The van der Waals surface area contributed by atoms with Crippen LogP contribution >= 0.6 is 0 Å². The quantitative estimate of drug-likeness (QED) is 0.831. The van der Waals surface area contributed by atoms with E-state index in [0.29, 0.717) is 6.54 Å². The number of nitrogens with one attached hydrogen (secondary N) is 1. The molecular formula is C14H21N5. The van der Waals surface area contributed by atoms with Crippen molar-refractivity contribution in [3.63, 3.8) is 0 Å². The maximum Gasteiger partial charge on any atom is 0.224 e. The van der Waals surface area contributed by atoms with Crippen LogP contribution in [-0.2, 0) is 13.0 Å². The summed E-state index contributed by atoms with van der Waals surface area (Å²) in [6.07, 6.45) is 0.883. The molecule has 1 aromatic carbocycles. The number of nitrogens with zero attached hydrogens (tertiary/aromatic N) is 3. The monoisotopic (exact) mass is 259 g/mol. The second-order valence-corrected chi connectivity index (χ2v) is 4.36. The van der Waals surface area contributed by atoms with Gasteiger partial charge in [0.25, 0.3) is 0 Å². The van der Waals surface area contributed by atoms with Gasteiger partial charge in [0, 0.05) is 18.7 Å². The first-order valence-corrected chi connectivity index (χ1v) is 6.76. The lowest BCUT2D eigenvalue weighted by atomic mass is 10.1. The number of aromatic nitrogens is 3. The number of hydrogen-bond acceptors (Lipinski definition) is 4. The predicted molar refractivity (Wildman–Crippen MR) is 78.1 cm³/mol. The molecule has 5 heteroatoms. The summed E-state index contributed by atoms with van der Waals surface area (Å²) in [6, 6.07) is 8.33. The van der Waals surface area contributed by atoms with Crippen LogP contribution in [0.15, 0.2) is 24.3 Å². The summed E-state index contributed by atoms with van der Waals surface area (Å²) < 4.78 is 2.09. The number of rotatable bonds is 6. The van der Waals surface area contributed by atoms with Crippen LogP contribution < -0.4 is 11.1 Å². The highest BCUT2D eigenvalue weighted by Crippen LogP contribution is 2.21. The van der Waals surface area contributed by atoms with E-state index in [2.05, 4.69) is 52.1 Å². The van der Waals surface area contributed by atoms with Gasteiger partial charge in [0.1, 0.15) is 0 Å². The molecule has 0 radical (unpaired) electrons. The fourth-order valence-corrected chi connectivity index (χ4v) is 2.14. The van der Waals surface area contributed by atoms with Crippen LogP contribution in [0, 0.1) is 0 Å². The molecule has 0 aliphatic heterocycles. The van der Waals surface area contributed by atoms with Crippen LogP contribution in [0.25, 0.3) is 11.4 Å². The van der Waals surface area contributed by atoms with E-state index in [0.717, 1.165) is 36.8 Å². The van der Waals surface area contributed by atoms with Crippen molar-refractivity contribution in [2.45, 2.75) is 26.8 Å². The highest BCUT2D eigenvalue weighted by atomic mass is 15.3. The standard InChI is InChI=1S/C14H21N5/c1-3-16-14-18-17-13(19(14)4-2)12-7-5-6-11(10-12)8-9-15/h5-7,10H,3-4,8-9,15H2,1-2H3,(H,16,18). The summed E-state index contributed by atoms with van der Waals surface area (Å²) in [5.41, 5.74) is 7.93. The number of hydrogen-bond donors (Lipinski definition) is 2. The van der Waals surface area contributed by atoms with E-state index in [9.17, 15) is 0 Å². The van der Waals surface area contributed by atoms with Crippen LogP contribution in [0.1, 0.15) is 19.4 Å². The Balaban J connectivity index is 2.38. The first kappa shape index (κ1) is 13.5.